The molecular formula is C9H8Cl2N2O3S. The summed E-state index contributed by atoms with van der Waals surface area (Å²) < 4.78 is 25.3. The highest BCUT2D eigenvalue weighted by Crippen LogP contribution is 2.28. The number of benzene rings is 1. The summed E-state index contributed by atoms with van der Waals surface area (Å²) in [7, 11) is 4.45. The van der Waals surface area contributed by atoms with Gasteiger partial charge in [-0.05, 0) is 12.1 Å². The first kappa shape index (κ1) is 12.5. The highest BCUT2D eigenvalue weighted by atomic mass is 35.7. The molecule has 5 nitrogen and oxygen atoms in total. The Bertz CT molecular complexity index is 774. The average molecular weight is 295 g/mol. The lowest BCUT2D eigenvalue weighted by Crippen LogP contribution is -2.19. The summed E-state index contributed by atoms with van der Waals surface area (Å²) in [4.78, 5) is 11.5. The molecule has 0 saturated carbocycles. The minimum absolute atomic E-state index is 0.00583. The Balaban J connectivity index is 3.01. The zero-order valence-corrected chi connectivity index (χ0v) is 11.3. The van der Waals surface area contributed by atoms with Crippen molar-refractivity contribution in [3.05, 3.63) is 27.6 Å². The predicted octanol–water partition coefficient (Wildman–Crippen LogP) is 1.46. The van der Waals surface area contributed by atoms with Crippen molar-refractivity contribution in [3.63, 3.8) is 0 Å². The molecular weight excluding hydrogens is 287 g/mol. The van der Waals surface area contributed by atoms with E-state index in [0.29, 0.717) is 11.0 Å². The molecule has 2 rings (SSSR count). The third-order valence-electron chi connectivity index (χ3n) is 2.59. The first-order valence-corrected chi connectivity index (χ1v) is 7.22. The number of imidazole rings is 1. The van der Waals surface area contributed by atoms with Gasteiger partial charge in [0, 0.05) is 24.8 Å². The van der Waals surface area contributed by atoms with E-state index in [-0.39, 0.29) is 15.6 Å². The van der Waals surface area contributed by atoms with Crippen LogP contribution in [-0.4, -0.2) is 17.6 Å². The fourth-order valence-corrected chi connectivity index (χ4v) is 3.20. The summed E-state index contributed by atoms with van der Waals surface area (Å²) in [6.07, 6.45) is 0. The molecule has 1 aromatic heterocycles. The Kier molecular flexibility index (Phi) is 2.76. The highest BCUT2D eigenvalue weighted by molar-refractivity contribution is 8.13. The minimum Gasteiger partial charge on any atom is -0.295 e. The van der Waals surface area contributed by atoms with Crippen LogP contribution >= 0.6 is 22.3 Å². The molecule has 0 N–H and O–H groups in total. The molecule has 0 aliphatic heterocycles. The fraction of sp³-hybridized carbons (Fsp3) is 0.222. The van der Waals surface area contributed by atoms with Crippen molar-refractivity contribution in [1.29, 1.82) is 0 Å². The van der Waals surface area contributed by atoms with E-state index in [1.54, 1.807) is 14.1 Å². The Hall–Kier alpha value is -0.980. The summed E-state index contributed by atoms with van der Waals surface area (Å²) in [6, 6.07) is 2.70. The van der Waals surface area contributed by atoms with Crippen molar-refractivity contribution >= 4 is 42.4 Å². The SMILES string of the molecule is Cn1c(=O)n(C)c2cc(S(=O)(=O)Cl)c(Cl)cc21. The van der Waals surface area contributed by atoms with E-state index in [2.05, 4.69) is 0 Å². The van der Waals surface area contributed by atoms with Crippen LogP contribution in [0, 0.1) is 0 Å². The van der Waals surface area contributed by atoms with Crippen molar-refractivity contribution in [2.75, 3.05) is 0 Å². The largest absolute Gasteiger partial charge is 0.328 e. The van der Waals surface area contributed by atoms with Gasteiger partial charge in [0.1, 0.15) is 4.90 Å². The number of nitrogens with zero attached hydrogens (tertiary/aromatic N) is 2. The van der Waals surface area contributed by atoms with Gasteiger partial charge in [-0.3, -0.25) is 9.13 Å². The van der Waals surface area contributed by atoms with Crippen molar-refractivity contribution in [3.8, 4) is 0 Å². The quantitative estimate of drug-likeness (QED) is 0.748. The molecule has 0 aliphatic rings. The molecule has 0 saturated heterocycles. The maximum atomic E-state index is 11.7. The molecule has 2 aromatic rings. The third-order valence-corrected chi connectivity index (χ3v) is 4.37. The summed E-state index contributed by atoms with van der Waals surface area (Å²) in [5.74, 6) is 0. The van der Waals surface area contributed by atoms with E-state index in [1.165, 1.54) is 21.3 Å². The van der Waals surface area contributed by atoms with Crippen LogP contribution in [0.25, 0.3) is 11.0 Å². The van der Waals surface area contributed by atoms with Gasteiger partial charge in [-0.2, -0.15) is 0 Å². The maximum absolute atomic E-state index is 11.7. The standard InChI is InChI=1S/C9H8Cl2N2O3S/c1-12-6-3-5(10)8(17(11,15)16)4-7(6)13(2)9(12)14/h3-4H,1-2H3. The number of aromatic nitrogens is 2. The van der Waals surface area contributed by atoms with Crippen LogP contribution in [0.5, 0.6) is 0 Å². The van der Waals surface area contributed by atoms with Gasteiger partial charge in [-0.25, -0.2) is 13.2 Å². The van der Waals surface area contributed by atoms with Gasteiger partial charge >= 0.3 is 5.69 Å². The van der Waals surface area contributed by atoms with Gasteiger partial charge in [-0.15, -0.1) is 0 Å². The van der Waals surface area contributed by atoms with Gasteiger partial charge < -0.3 is 0 Å². The Labute approximate surface area is 107 Å². The zero-order chi connectivity index (χ0) is 13.0. The van der Waals surface area contributed by atoms with E-state index in [0.717, 1.165) is 0 Å². The van der Waals surface area contributed by atoms with Crippen LogP contribution in [0.15, 0.2) is 21.8 Å². The van der Waals surface area contributed by atoms with E-state index in [9.17, 15) is 13.2 Å². The van der Waals surface area contributed by atoms with E-state index >= 15 is 0 Å². The van der Waals surface area contributed by atoms with Crippen molar-refractivity contribution in [1.82, 2.24) is 9.13 Å². The molecule has 92 valence electrons. The predicted molar refractivity (Wildman–Crippen MR) is 66.2 cm³/mol. The topological polar surface area (TPSA) is 61.1 Å². The Morgan fingerprint density at radius 1 is 1.12 bits per heavy atom. The molecule has 0 bridgehead atoms. The van der Waals surface area contributed by atoms with E-state index < -0.39 is 9.05 Å². The number of aryl methyl sites for hydroxylation is 2. The highest BCUT2D eigenvalue weighted by Gasteiger charge is 2.18. The van der Waals surface area contributed by atoms with Gasteiger partial charge in [0.15, 0.2) is 0 Å². The lowest BCUT2D eigenvalue weighted by molar-refractivity contribution is 0.609. The Morgan fingerprint density at radius 3 is 2.06 bits per heavy atom. The summed E-state index contributed by atoms with van der Waals surface area (Å²) in [5, 5.41) is -0.00583. The Morgan fingerprint density at radius 2 is 1.59 bits per heavy atom. The van der Waals surface area contributed by atoms with Crippen LogP contribution in [0.3, 0.4) is 0 Å². The van der Waals surface area contributed by atoms with Crippen molar-refractivity contribution < 1.29 is 8.42 Å². The molecule has 0 unspecified atom stereocenters. The van der Waals surface area contributed by atoms with Crippen LogP contribution < -0.4 is 5.69 Å². The van der Waals surface area contributed by atoms with Crippen LogP contribution in [0.4, 0.5) is 0 Å². The van der Waals surface area contributed by atoms with Crippen LogP contribution in [0.2, 0.25) is 5.02 Å². The first-order valence-electron chi connectivity index (χ1n) is 4.53. The van der Waals surface area contributed by atoms with Gasteiger partial charge in [0.25, 0.3) is 9.05 Å². The lowest BCUT2D eigenvalue weighted by Gasteiger charge is -2.02. The van der Waals surface area contributed by atoms with Gasteiger partial charge in [0.05, 0.1) is 16.1 Å². The monoisotopic (exact) mass is 294 g/mol. The molecule has 8 heteroatoms. The second kappa shape index (κ2) is 3.76. The molecule has 0 atom stereocenters. The fourth-order valence-electron chi connectivity index (χ4n) is 1.69. The molecule has 0 radical (unpaired) electrons. The first-order chi connectivity index (χ1) is 7.73. The van der Waals surface area contributed by atoms with Gasteiger partial charge in [-0.1, -0.05) is 11.6 Å². The summed E-state index contributed by atoms with van der Waals surface area (Å²) in [5.41, 5.74) is 0.743. The van der Waals surface area contributed by atoms with Crippen molar-refractivity contribution in [2.24, 2.45) is 14.1 Å². The summed E-state index contributed by atoms with van der Waals surface area (Å²) >= 11 is 5.83. The minimum atomic E-state index is -3.93. The summed E-state index contributed by atoms with van der Waals surface area (Å²) in [6.45, 7) is 0. The third kappa shape index (κ3) is 1.86. The molecule has 0 fully saturated rings. The maximum Gasteiger partial charge on any atom is 0.328 e. The second-order valence-corrected chi connectivity index (χ2v) is 6.55. The molecule has 1 heterocycles. The normalized spacial score (nSPS) is 12.2. The number of hydrogen-bond acceptors (Lipinski definition) is 3. The van der Waals surface area contributed by atoms with Crippen LogP contribution in [-0.2, 0) is 23.1 Å². The van der Waals surface area contributed by atoms with Crippen molar-refractivity contribution in [2.45, 2.75) is 4.90 Å². The molecule has 0 amide bonds. The zero-order valence-electron chi connectivity index (χ0n) is 8.94. The average Bonchev–Trinajstić information content (AvgIpc) is 2.41. The van der Waals surface area contributed by atoms with Gasteiger partial charge in [0.2, 0.25) is 0 Å². The molecule has 0 spiro atoms. The smallest absolute Gasteiger partial charge is 0.295 e. The number of fused-ring (bicyclic) bond motifs is 1. The molecule has 0 aliphatic carbocycles. The molecule has 1 aromatic carbocycles. The number of hydrogen-bond donors (Lipinski definition) is 0. The van der Waals surface area contributed by atoms with E-state index in [1.807, 2.05) is 0 Å². The molecule has 17 heavy (non-hydrogen) atoms. The number of halogens is 2. The lowest BCUT2D eigenvalue weighted by atomic mass is 10.3. The number of rotatable bonds is 1. The second-order valence-electron chi connectivity index (χ2n) is 3.61. The van der Waals surface area contributed by atoms with Crippen LogP contribution in [0.1, 0.15) is 0 Å². The van der Waals surface area contributed by atoms with E-state index in [4.69, 9.17) is 22.3 Å².